The van der Waals surface area contributed by atoms with Gasteiger partial charge >= 0.3 is 0 Å². The smallest absolute Gasteiger partial charge is 0.253 e. The van der Waals surface area contributed by atoms with Gasteiger partial charge in [-0.05, 0) is 42.7 Å². The zero-order valence-electron chi connectivity index (χ0n) is 13.8. The minimum atomic E-state index is -0.421. The molecule has 0 radical (unpaired) electrons. The molecule has 1 aliphatic heterocycles. The molecule has 0 bridgehead atoms. The Kier molecular flexibility index (Phi) is 5.38. The van der Waals surface area contributed by atoms with Gasteiger partial charge in [-0.1, -0.05) is 12.1 Å². The van der Waals surface area contributed by atoms with Gasteiger partial charge < -0.3 is 10.2 Å². The van der Waals surface area contributed by atoms with Crippen molar-refractivity contribution in [3.05, 3.63) is 65.7 Å². The number of likely N-dealkylation sites (tertiary alicyclic amines) is 1. The van der Waals surface area contributed by atoms with E-state index in [2.05, 4.69) is 10.3 Å². The summed E-state index contributed by atoms with van der Waals surface area (Å²) in [6, 6.07) is 9.44. The Morgan fingerprint density at radius 1 is 1.20 bits per heavy atom. The summed E-state index contributed by atoms with van der Waals surface area (Å²) in [5, 5.41) is 2.92. The van der Waals surface area contributed by atoms with Gasteiger partial charge in [0.1, 0.15) is 5.82 Å². The first kappa shape index (κ1) is 17.1. The number of nitrogens with zero attached hydrogens (tertiary/aromatic N) is 2. The number of rotatable bonds is 4. The lowest BCUT2D eigenvalue weighted by atomic mass is 9.95. The van der Waals surface area contributed by atoms with Gasteiger partial charge in [-0.2, -0.15) is 0 Å². The molecule has 5 nitrogen and oxygen atoms in total. The predicted molar refractivity (Wildman–Crippen MR) is 91.1 cm³/mol. The average molecular weight is 341 g/mol. The topological polar surface area (TPSA) is 62.3 Å². The van der Waals surface area contributed by atoms with Crippen LogP contribution in [-0.4, -0.2) is 34.8 Å². The molecule has 130 valence electrons. The van der Waals surface area contributed by atoms with E-state index in [9.17, 15) is 14.0 Å². The summed E-state index contributed by atoms with van der Waals surface area (Å²) in [5.41, 5.74) is 1.30. The molecule has 0 atom stereocenters. The molecule has 2 amide bonds. The van der Waals surface area contributed by atoms with Crippen LogP contribution in [0.4, 0.5) is 4.39 Å². The Bertz CT molecular complexity index is 743. The van der Waals surface area contributed by atoms with Gasteiger partial charge in [-0.25, -0.2) is 4.39 Å². The van der Waals surface area contributed by atoms with E-state index >= 15 is 0 Å². The summed E-state index contributed by atoms with van der Waals surface area (Å²) < 4.78 is 13.3. The van der Waals surface area contributed by atoms with Gasteiger partial charge in [-0.3, -0.25) is 14.6 Å². The van der Waals surface area contributed by atoms with Gasteiger partial charge in [0.2, 0.25) is 5.91 Å². The van der Waals surface area contributed by atoms with Crippen molar-refractivity contribution in [3.63, 3.8) is 0 Å². The highest BCUT2D eigenvalue weighted by Gasteiger charge is 2.27. The van der Waals surface area contributed by atoms with Crippen molar-refractivity contribution in [2.75, 3.05) is 13.1 Å². The van der Waals surface area contributed by atoms with Crippen molar-refractivity contribution in [2.24, 2.45) is 5.92 Å². The molecule has 1 aromatic heterocycles. The van der Waals surface area contributed by atoms with Gasteiger partial charge in [0.25, 0.3) is 5.91 Å². The molecular formula is C19H20FN3O2. The maximum absolute atomic E-state index is 13.3. The van der Waals surface area contributed by atoms with Gasteiger partial charge in [0, 0.05) is 43.5 Å². The van der Waals surface area contributed by atoms with Crippen LogP contribution in [0.2, 0.25) is 0 Å². The summed E-state index contributed by atoms with van der Waals surface area (Å²) >= 11 is 0. The number of piperidine rings is 1. The lowest BCUT2D eigenvalue weighted by Gasteiger charge is -2.31. The van der Waals surface area contributed by atoms with E-state index in [-0.39, 0.29) is 17.7 Å². The van der Waals surface area contributed by atoms with Gasteiger partial charge in [0.05, 0.1) is 0 Å². The van der Waals surface area contributed by atoms with Crippen LogP contribution in [0.15, 0.2) is 48.8 Å². The Labute approximate surface area is 145 Å². The van der Waals surface area contributed by atoms with Crippen LogP contribution in [0.3, 0.4) is 0 Å². The SMILES string of the molecule is O=C(NCc1cccnc1)C1CCN(C(=O)c2cccc(F)c2)CC1. The Morgan fingerprint density at radius 3 is 2.68 bits per heavy atom. The molecule has 2 aromatic rings. The molecule has 1 fully saturated rings. The standard InChI is InChI=1S/C19H20FN3O2/c20-17-5-1-4-16(11-17)19(25)23-9-6-15(7-10-23)18(24)22-13-14-3-2-8-21-12-14/h1-5,8,11-12,15H,6-7,9-10,13H2,(H,22,24). The number of carbonyl (C=O) groups excluding carboxylic acids is 2. The van der Waals surface area contributed by atoms with E-state index < -0.39 is 5.82 Å². The van der Waals surface area contributed by atoms with E-state index in [1.54, 1.807) is 23.4 Å². The molecule has 0 saturated carbocycles. The summed E-state index contributed by atoms with van der Waals surface area (Å²) in [4.78, 5) is 30.4. The third-order valence-electron chi connectivity index (χ3n) is 4.41. The molecule has 3 rings (SSSR count). The second-order valence-corrected chi connectivity index (χ2v) is 6.16. The fraction of sp³-hybridized carbons (Fsp3) is 0.316. The summed E-state index contributed by atoms with van der Waals surface area (Å²) in [6.07, 6.45) is 4.64. The third kappa shape index (κ3) is 4.41. The molecule has 2 heterocycles. The first-order valence-electron chi connectivity index (χ1n) is 8.35. The molecule has 1 aliphatic rings. The lowest BCUT2D eigenvalue weighted by molar-refractivity contribution is -0.126. The van der Waals surface area contributed by atoms with Crippen molar-refractivity contribution in [3.8, 4) is 0 Å². The molecule has 1 aromatic carbocycles. The largest absolute Gasteiger partial charge is 0.352 e. The van der Waals surface area contributed by atoms with Crippen molar-refractivity contribution >= 4 is 11.8 Å². The van der Waals surface area contributed by atoms with Crippen molar-refractivity contribution < 1.29 is 14.0 Å². The van der Waals surface area contributed by atoms with E-state index in [0.717, 1.165) is 5.56 Å². The van der Waals surface area contributed by atoms with Crippen LogP contribution < -0.4 is 5.32 Å². The zero-order valence-corrected chi connectivity index (χ0v) is 13.8. The molecule has 1 N–H and O–H groups in total. The van der Waals surface area contributed by atoms with Crippen LogP contribution in [0.25, 0.3) is 0 Å². The first-order valence-corrected chi connectivity index (χ1v) is 8.35. The van der Waals surface area contributed by atoms with Crippen LogP contribution in [-0.2, 0) is 11.3 Å². The number of nitrogens with one attached hydrogen (secondary N) is 1. The van der Waals surface area contributed by atoms with Gasteiger partial charge in [-0.15, -0.1) is 0 Å². The maximum Gasteiger partial charge on any atom is 0.253 e. The van der Waals surface area contributed by atoms with Crippen LogP contribution in [0.5, 0.6) is 0 Å². The third-order valence-corrected chi connectivity index (χ3v) is 4.41. The number of amides is 2. The number of pyridine rings is 1. The highest BCUT2D eigenvalue weighted by molar-refractivity contribution is 5.94. The highest BCUT2D eigenvalue weighted by Crippen LogP contribution is 2.19. The highest BCUT2D eigenvalue weighted by atomic mass is 19.1. The summed E-state index contributed by atoms with van der Waals surface area (Å²) in [5.74, 6) is -0.709. The quantitative estimate of drug-likeness (QED) is 0.929. The van der Waals surface area contributed by atoms with Crippen molar-refractivity contribution in [1.29, 1.82) is 0 Å². The number of hydrogen-bond acceptors (Lipinski definition) is 3. The number of benzene rings is 1. The monoisotopic (exact) mass is 341 g/mol. The minimum Gasteiger partial charge on any atom is -0.352 e. The van der Waals surface area contributed by atoms with Crippen molar-refractivity contribution in [2.45, 2.75) is 19.4 Å². The second-order valence-electron chi connectivity index (χ2n) is 6.16. The lowest BCUT2D eigenvalue weighted by Crippen LogP contribution is -2.42. The van der Waals surface area contributed by atoms with E-state index in [4.69, 9.17) is 0 Å². The normalized spacial score (nSPS) is 15.0. The summed E-state index contributed by atoms with van der Waals surface area (Å²) in [6.45, 7) is 1.45. The molecule has 1 saturated heterocycles. The second kappa shape index (κ2) is 7.88. The van der Waals surface area contributed by atoms with Crippen LogP contribution in [0.1, 0.15) is 28.8 Å². The van der Waals surface area contributed by atoms with Crippen LogP contribution in [0, 0.1) is 11.7 Å². The molecule has 0 unspecified atom stereocenters. The summed E-state index contributed by atoms with van der Waals surface area (Å²) in [7, 11) is 0. The van der Waals surface area contributed by atoms with Crippen LogP contribution >= 0.6 is 0 Å². The number of hydrogen-bond donors (Lipinski definition) is 1. The number of carbonyl (C=O) groups is 2. The first-order chi connectivity index (χ1) is 12.1. The molecule has 0 spiro atoms. The van der Waals surface area contributed by atoms with E-state index in [1.165, 1.54) is 18.2 Å². The molecular weight excluding hydrogens is 321 g/mol. The molecule has 0 aliphatic carbocycles. The fourth-order valence-corrected chi connectivity index (χ4v) is 2.99. The Balaban J connectivity index is 1.49. The fourth-order valence-electron chi connectivity index (χ4n) is 2.99. The Morgan fingerprint density at radius 2 is 2.00 bits per heavy atom. The minimum absolute atomic E-state index is 0.00158. The average Bonchev–Trinajstić information content (AvgIpc) is 2.66. The number of halogens is 1. The number of aromatic nitrogens is 1. The maximum atomic E-state index is 13.3. The van der Waals surface area contributed by atoms with E-state index in [0.29, 0.717) is 38.0 Å². The molecule has 25 heavy (non-hydrogen) atoms. The molecule has 6 heteroatoms. The zero-order chi connectivity index (χ0) is 17.6. The van der Waals surface area contributed by atoms with Crippen molar-refractivity contribution in [1.82, 2.24) is 15.2 Å². The predicted octanol–water partition coefficient (Wildman–Crippen LogP) is 2.39. The van der Waals surface area contributed by atoms with Gasteiger partial charge in [0.15, 0.2) is 0 Å². The Hall–Kier alpha value is -2.76. The van der Waals surface area contributed by atoms with E-state index in [1.807, 2.05) is 12.1 Å².